The third-order valence-electron chi connectivity index (χ3n) is 5.82. The van der Waals surface area contributed by atoms with Crippen molar-refractivity contribution in [3.8, 4) is 11.5 Å². The van der Waals surface area contributed by atoms with Crippen molar-refractivity contribution < 1.29 is 24.4 Å². The highest BCUT2D eigenvalue weighted by Crippen LogP contribution is 2.53. The van der Waals surface area contributed by atoms with Crippen molar-refractivity contribution in [2.45, 2.75) is 36.4 Å². The zero-order valence-corrected chi connectivity index (χ0v) is 16.6. The molecular formula is C17H18BrN3O7. The van der Waals surface area contributed by atoms with E-state index in [1.807, 2.05) is 0 Å². The fourth-order valence-corrected chi connectivity index (χ4v) is 4.94. The minimum atomic E-state index is -1.31. The second kappa shape index (κ2) is 5.96. The van der Waals surface area contributed by atoms with Crippen LogP contribution in [0.15, 0.2) is 26.2 Å². The summed E-state index contributed by atoms with van der Waals surface area (Å²) in [6.45, 7) is 0.107. The fraction of sp³-hybridized carbons (Fsp3) is 0.529. The molecule has 10 nitrogen and oxygen atoms in total. The van der Waals surface area contributed by atoms with Crippen LogP contribution in [0.5, 0.6) is 11.5 Å². The summed E-state index contributed by atoms with van der Waals surface area (Å²) in [6, 6.07) is 2.62. The molecule has 2 N–H and O–H groups in total. The molecule has 1 aromatic heterocycles. The molecule has 1 aliphatic carbocycles. The normalized spacial score (nSPS) is 33.0. The monoisotopic (exact) mass is 455 g/mol. The molecule has 5 rings (SSSR count). The first-order valence-electron chi connectivity index (χ1n) is 8.76. The van der Waals surface area contributed by atoms with Crippen molar-refractivity contribution in [3.05, 3.63) is 43.1 Å². The first kappa shape index (κ1) is 18.0. The number of halogens is 1. The Labute approximate surface area is 166 Å². The Kier molecular flexibility index (Phi) is 3.83. The Balaban J connectivity index is 1.71. The van der Waals surface area contributed by atoms with Crippen molar-refractivity contribution in [2.75, 3.05) is 6.79 Å². The molecule has 3 aliphatic rings. The van der Waals surface area contributed by atoms with Gasteiger partial charge in [0.1, 0.15) is 18.3 Å². The molecule has 28 heavy (non-hydrogen) atoms. The van der Waals surface area contributed by atoms with Crippen LogP contribution in [0.3, 0.4) is 0 Å². The van der Waals surface area contributed by atoms with Gasteiger partial charge < -0.3 is 24.4 Å². The van der Waals surface area contributed by atoms with E-state index in [4.69, 9.17) is 14.2 Å². The van der Waals surface area contributed by atoms with Gasteiger partial charge in [0, 0.05) is 24.5 Å². The second-order valence-corrected chi connectivity index (χ2v) is 8.14. The highest BCUT2D eigenvalue weighted by atomic mass is 79.9. The Morgan fingerprint density at radius 2 is 1.71 bits per heavy atom. The molecule has 1 saturated heterocycles. The van der Waals surface area contributed by atoms with Crippen LogP contribution in [0, 0.1) is 0 Å². The van der Waals surface area contributed by atoms with Crippen LogP contribution in [-0.4, -0.2) is 55.4 Å². The van der Waals surface area contributed by atoms with Gasteiger partial charge in [0.2, 0.25) is 6.79 Å². The predicted octanol–water partition coefficient (Wildman–Crippen LogP) is -0.796. The van der Waals surface area contributed by atoms with Crippen LogP contribution in [0.4, 0.5) is 0 Å². The van der Waals surface area contributed by atoms with Gasteiger partial charge in [-0.25, -0.2) is 23.5 Å². The number of fused-ring (bicyclic) bond motifs is 2. The second-order valence-electron chi connectivity index (χ2n) is 7.28. The lowest BCUT2D eigenvalue weighted by atomic mass is 9.77. The Morgan fingerprint density at radius 3 is 2.36 bits per heavy atom. The number of benzene rings is 1. The van der Waals surface area contributed by atoms with Crippen LogP contribution in [-0.2, 0) is 18.8 Å². The number of hydrogen-bond donors (Lipinski definition) is 2. The summed E-state index contributed by atoms with van der Waals surface area (Å²) in [4.78, 5) is 25.0. The van der Waals surface area contributed by atoms with Crippen molar-refractivity contribution in [2.24, 2.45) is 14.1 Å². The van der Waals surface area contributed by atoms with Crippen molar-refractivity contribution in [1.82, 2.24) is 13.9 Å². The standard InChI is InChI=1S/C17H18BrN3O7/c1-19-16(24)20(2)21(17(19)25)11-10(14-15(28-14)13(23)12(11)22)6-3-8-9(4-7(6)18)27-5-26-8/h3-4,10-15,22-23H,5H2,1-2H3/t10-,11-,12+,13+,14+,15-/m1/s1. The van der Waals surface area contributed by atoms with Gasteiger partial charge in [-0.1, -0.05) is 15.9 Å². The van der Waals surface area contributed by atoms with Crippen LogP contribution in [0.25, 0.3) is 0 Å². The van der Waals surface area contributed by atoms with Crippen molar-refractivity contribution >= 4 is 15.9 Å². The van der Waals surface area contributed by atoms with E-state index < -0.39 is 47.8 Å². The Hall–Kier alpha value is -2.08. The molecule has 2 aromatic rings. The lowest BCUT2D eigenvalue weighted by molar-refractivity contribution is -0.0453. The summed E-state index contributed by atoms with van der Waals surface area (Å²) in [5.41, 5.74) is -0.366. The highest BCUT2D eigenvalue weighted by molar-refractivity contribution is 9.10. The van der Waals surface area contributed by atoms with Gasteiger partial charge in [0.25, 0.3) is 0 Å². The summed E-state index contributed by atoms with van der Waals surface area (Å²) in [7, 11) is 2.82. The van der Waals surface area contributed by atoms with E-state index in [1.165, 1.54) is 18.8 Å². The summed E-state index contributed by atoms with van der Waals surface area (Å²) < 4.78 is 20.5. The minimum Gasteiger partial charge on any atom is -0.454 e. The highest BCUT2D eigenvalue weighted by Gasteiger charge is 2.62. The first-order valence-corrected chi connectivity index (χ1v) is 9.55. The zero-order chi connectivity index (χ0) is 19.9. The minimum absolute atomic E-state index is 0.107. The van der Waals surface area contributed by atoms with E-state index in [0.717, 1.165) is 14.8 Å². The number of aliphatic hydroxyl groups is 2. The van der Waals surface area contributed by atoms with Gasteiger partial charge in [-0.3, -0.25) is 0 Å². The number of rotatable bonds is 2. The molecule has 1 saturated carbocycles. The number of ether oxygens (including phenoxy) is 3. The van der Waals surface area contributed by atoms with Crippen LogP contribution in [0.2, 0.25) is 0 Å². The number of aliphatic hydroxyl groups excluding tert-OH is 2. The Morgan fingerprint density at radius 1 is 1.04 bits per heavy atom. The van der Waals surface area contributed by atoms with Crippen molar-refractivity contribution in [3.63, 3.8) is 0 Å². The lowest BCUT2D eigenvalue weighted by Gasteiger charge is -2.37. The molecule has 0 amide bonds. The van der Waals surface area contributed by atoms with E-state index in [9.17, 15) is 19.8 Å². The quantitative estimate of drug-likeness (QED) is 0.568. The summed E-state index contributed by atoms with van der Waals surface area (Å²) in [5.74, 6) is 0.628. The maximum atomic E-state index is 12.7. The number of hydrogen-bond acceptors (Lipinski definition) is 7. The van der Waals surface area contributed by atoms with E-state index in [2.05, 4.69) is 15.9 Å². The van der Waals surface area contributed by atoms with Gasteiger partial charge in [-0.05, 0) is 17.7 Å². The molecule has 0 radical (unpaired) electrons. The van der Waals surface area contributed by atoms with E-state index in [-0.39, 0.29) is 6.79 Å². The van der Waals surface area contributed by atoms with E-state index in [1.54, 1.807) is 12.1 Å². The molecule has 11 heteroatoms. The molecule has 1 aromatic carbocycles. The zero-order valence-electron chi connectivity index (χ0n) is 15.0. The molecular weight excluding hydrogens is 438 g/mol. The fourth-order valence-electron chi connectivity index (χ4n) is 4.35. The molecule has 3 heterocycles. The number of aromatic nitrogens is 3. The van der Waals surface area contributed by atoms with Crippen LogP contribution < -0.4 is 20.9 Å². The van der Waals surface area contributed by atoms with Gasteiger partial charge >= 0.3 is 11.4 Å². The van der Waals surface area contributed by atoms with Crippen molar-refractivity contribution in [1.29, 1.82) is 0 Å². The largest absolute Gasteiger partial charge is 0.454 e. The maximum Gasteiger partial charge on any atom is 0.347 e. The average molecular weight is 456 g/mol. The number of epoxide rings is 1. The molecule has 150 valence electrons. The van der Waals surface area contributed by atoms with E-state index >= 15 is 0 Å². The maximum absolute atomic E-state index is 12.7. The topological polar surface area (TPSA) is 120 Å². The summed E-state index contributed by atoms with van der Waals surface area (Å²) in [6.07, 6.45) is -3.43. The molecule has 0 unspecified atom stereocenters. The molecule has 2 fully saturated rings. The van der Waals surface area contributed by atoms with Gasteiger partial charge in [-0.2, -0.15) is 0 Å². The number of nitrogens with zero attached hydrogens (tertiary/aromatic N) is 3. The first-order chi connectivity index (χ1) is 13.3. The predicted molar refractivity (Wildman–Crippen MR) is 97.6 cm³/mol. The van der Waals surface area contributed by atoms with E-state index in [0.29, 0.717) is 16.0 Å². The molecule has 2 aliphatic heterocycles. The third kappa shape index (κ3) is 2.30. The molecule has 0 spiro atoms. The Bertz CT molecular complexity index is 1090. The lowest BCUT2D eigenvalue weighted by Crippen LogP contribution is -2.51. The molecule has 0 bridgehead atoms. The van der Waals surface area contributed by atoms with Gasteiger partial charge in [0.05, 0.1) is 12.1 Å². The third-order valence-corrected chi connectivity index (χ3v) is 6.51. The van der Waals surface area contributed by atoms with Crippen LogP contribution in [0.1, 0.15) is 17.5 Å². The van der Waals surface area contributed by atoms with Crippen LogP contribution >= 0.6 is 15.9 Å². The van der Waals surface area contributed by atoms with Gasteiger partial charge in [0.15, 0.2) is 11.5 Å². The summed E-state index contributed by atoms with van der Waals surface area (Å²) >= 11 is 3.53. The smallest absolute Gasteiger partial charge is 0.347 e. The average Bonchev–Trinajstić information content (AvgIpc) is 3.30. The summed E-state index contributed by atoms with van der Waals surface area (Å²) in [5, 5.41) is 21.3. The molecule has 6 atom stereocenters. The SMILES string of the molecule is Cn1c(=O)n(C)n([C@H]2[C@H](O)[C@H](O)[C@H]3O[C@H]3[C@@H]2c2cc3c(cc2Br)OCO3)c1=O. The van der Waals surface area contributed by atoms with Gasteiger partial charge in [-0.15, -0.1) is 0 Å².